The van der Waals surface area contributed by atoms with Crippen molar-refractivity contribution in [2.45, 2.75) is 33.7 Å². The molecule has 24 heavy (non-hydrogen) atoms. The second kappa shape index (κ2) is 7.25. The highest BCUT2D eigenvalue weighted by molar-refractivity contribution is 7.18. The summed E-state index contributed by atoms with van der Waals surface area (Å²) in [4.78, 5) is 5.06. The lowest BCUT2D eigenvalue weighted by molar-refractivity contribution is 0.311. The van der Waals surface area contributed by atoms with E-state index in [1.807, 2.05) is 43.4 Å². The number of hydrogen-bond acceptors (Lipinski definition) is 2. The van der Waals surface area contributed by atoms with Gasteiger partial charge in [0.05, 0.1) is 0 Å². The lowest BCUT2D eigenvalue weighted by atomic mass is 10.1. The van der Waals surface area contributed by atoms with Gasteiger partial charge in [-0.1, -0.05) is 32.0 Å². The van der Waals surface area contributed by atoms with Gasteiger partial charge < -0.3 is 4.90 Å². The largest absolute Gasteiger partial charge is 0.302 e. The molecule has 0 unspecified atom stereocenters. The van der Waals surface area contributed by atoms with Gasteiger partial charge in [-0.05, 0) is 43.7 Å². The van der Waals surface area contributed by atoms with Crippen LogP contribution in [0.2, 0.25) is 0 Å². The van der Waals surface area contributed by atoms with E-state index in [0.717, 1.165) is 25.1 Å². The van der Waals surface area contributed by atoms with Crippen LogP contribution in [0.4, 0.5) is 0 Å². The summed E-state index contributed by atoms with van der Waals surface area (Å²) < 4.78 is 2.24. The highest BCUT2D eigenvalue weighted by Gasteiger charge is 2.23. The molecule has 1 aliphatic heterocycles. The standard InChI is InChI=1S/C19H18N2S.C2H6/c1-14-12-16-17-13-20(2)10-9-18(17)21(19(16)22-14)11-8-15-6-4-3-5-7-15;1-2/h3-7,12H,9-10,13H2,1-2H3;1-2H3. The number of hydrogen-bond donors (Lipinski definition) is 0. The normalized spacial score (nSPS) is 13.7. The van der Waals surface area contributed by atoms with E-state index < -0.39 is 0 Å². The monoisotopic (exact) mass is 336 g/mol. The first kappa shape index (κ1) is 16.8. The van der Waals surface area contributed by atoms with Crippen LogP contribution in [0.1, 0.15) is 35.5 Å². The highest BCUT2D eigenvalue weighted by Crippen LogP contribution is 2.35. The van der Waals surface area contributed by atoms with Gasteiger partial charge in [0.2, 0.25) is 0 Å². The smallest absolute Gasteiger partial charge is 0.115 e. The second-order valence-electron chi connectivity index (χ2n) is 5.93. The summed E-state index contributed by atoms with van der Waals surface area (Å²) >= 11 is 1.85. The van der Waals surface area contributed by atoms with Gasteiger partial charge in [0.1, 0.15) is 4.83 Å². The van der Waals surface area contributed by atoms with Crippen LogP contribution >= 0.6 is 11.3 Å². The Kier molecular flexibility index (Phi) is 5.08. The molecule has 0 fully saturated rings. The molecule has 0 amide bonds. The number of thiophene rings is 1. The van der Waals surface area contributed by atoms with Crippen LogP contribution < -0.4 is 0 Å². The van der Waals surface area contributed by atoms with Crippen molar-refractivity contribution >= 4 is 21.6 Å². The van der Waals surface area contributed by atoms with Crippen LogP contribution in [0.25, 0.3) is 10.2 Å². The van der Waals surface area contributed by atoms with Crippen LogP contribution in [0, 0.1) is 18.9 Å². The molecule has 1 aromatic carbocycles. The number of aromatic nitrogens is 1. The molecular formula is C21H24N2S. The third-order valence-electron chi connectivity index (χ3n) is 4.23. The Hall–Kier alpha value is -2.02. The SMILES string of the molecule is CC.Cc1cc2c3c(n(C#Cc4ccccc4)c2s1)CCN(C)C3. The molecule has 2 nitrogen and oxygen atoms in total. The number of aryl methyl sites for hydroxylation is 1. The summed E-state index contributed by atoms with van der Waals surface area (Å²) in [6.45, 7) is 8.32. The predicted octanol–water partition coefficient (Wildman–Crippen LogP) is 4.88. The first-order valence-corrected chi connectivity index (χ1v) is 9.42. The molecule has 0 bridgehead atoms. The van der Waals surface area contributed by atoms with Gasteiger partial charge in [0, 0.05) is 47.1 Å². The fraction of sp³-hybridized carbons (Fsp3) is 0.333. The van der Waals surface area contributed by atoms with Crippen LogP contribution in [-0.4, -0.2) is 23.1 Å². The molecular weight excluding hydrogens is 312 g/mol. The zero-order valence-corrected chi connectivity index (χ0v) is 15.7. The van der Waals surface area contributed by atoms with E-state index in [9.17, 15) is 0 Å². The Labute approximate surface area is 148 Å². The molecule has 124 valence electrons. The lowest BCUT2D eigenvalue weighted by Gasteiger charge is -2.23. The molecule has 0 saturated heterocycles. The van der Waals surface area contributed by atoms with E-state index in [0.29, 0.717) is 0 Å². The van der Waals surface area contributed by atoms with Gasteiger partial charge >= 0.3 is 0 Å². The first-order valence-electron chi connectivity index (χ1n) is 8.60. The van der Waals surface area contributed by atoms with Crippen molar-refractivity contribution in [2.24, 2.45) is 0 Å². The molecule has 3 heterocycles. The average molecular weight is 337 g/mol. The maximum atomic E-state index is 3.40. The van der Waals surface area contributed by atoms with E-state index in [-0.39, 0.29) is 0 Å². The molecule has 3 aromatic rings. The summed E-state index contributed by atoms with van der Waals surface area (Å²) in [7, 11) is 2.20. The number of fused-ring (bicyclic) bond motifs is 3. The van der Waals surface area contributed by atoms with Crippen LogP contribution in [0.15, 0.2) is 36.4 Å². The van der Waals surface area contributed by atoms with Crippen molar-refractivity contribution in [3.05, 3.63) is 58.1 Å². The van der Waals surface area contributed by atoms with E-state index in [4.69, 9.17) is 0 Å². The van der Waals surface area contributed by atoms with Gasteiger partial charge in [-0.15, -0.1) is 11.3 Å². The molecule has 0 radical (unpaired) electrons. The first-order chi connectivity index (χ1) is 11.7. The van der Waals surface area contributed by atoms with E-state index >= 15 is 0 Å². The van der Waals surface area contributed by atoms with Gasteiger partial charge in [-0.2, -0.15) is 0 Å². The lowest BCUT2D eigenvalue weighted by Crippen LogP contribution is -2.27. The predicted molar refractivity (Wildman–Crippen MR) is 105 cm³/mol. The van der Waals surface area contributed by atoms with Gasteiger partial charge in [-0.3, -0.25) is 4.57 Å². The average Bonchev–Trinajstić information content (AvgIpc) is 3.11. The summed E-state index contributed by atoms with van der Waals surface area (Å²) in [5.74, 6) is 3.32. The fourth-order valence-electron chi connectivity index (χ4n) is 3.14. The summed E-state index contributed by atoms with van der Waals surface area (Å²) in [5.41, 5.74) is 3.94. The maximum Gasteiger partial charge on any atom is 0.115 e. The Bertz CT molecular complexity index is 891. The summed E-state index contributed by atoms with van der Waals surface area (Å²) in [6, 6.07) is 15.9. The van der Waals surface area contributed by atoms with Crippen molar-refractivity contribution in [1.29, 1.82) is 0 Å². The quantitative estimate of drug-likeness (QED) is 0.531. The molecule has 0 aliphatic carbocycles. The maximum absolute atomic E-state index is 3.40. The van der Waals surface area contributed by atoms with E-state index in [1.54, 1.807) is 0 Å². The van der Waals surface area contributed by atoms with Crippen molar-refractivity contribution in [3.63, 3.8) is 0 Å². The Morgan fingerprint density at radius 2 is 1.88 bits per heavy atom. The van der Waals surface area contributed by atoms with Crippen LogP contribution in [-0.2, 0) is 13.0 Å². The van der Waals surface area contributed by atoms with E-state index in [1.165, 1.54) is 26.4 Å². The van der Waals surface area contributed by atoms with Crippen LogP contribution in [0.3, 0.4) is 0 Å². The number of nitrogens with zero attached hydrogens (tertiary/aromatic N) is 2. The number of rotatable bonds is 0. The third kappa shape index (κ3) is 3.13. The highest BCUT2D eigenvalue weighted by atomic mass is 32.1. The number of likely N-dealkylation sites (N-methyl/N-ethyl adjacent to an activating group) is 1. The second-order valence-corrected chi connectivity index (χ2v) is 7.16. The summed E-state index contributed by atoms with van der Waals surface area (Å²) in [6.07, 6.45) is 1.08. The zero-order valence-electron chi connectivity index (χ0n) is 14.9. The zero-order chi connectivity index (χ0) is 17.1. The minimum Gasteiger partial charge on any atom is -0.302 e. The topological polar surface area (TPSA) is 8.17 Å². The molecule has 0 atom stereocenters. The Morgan fingerprint density at radius 1 is 1.12 bits per heavy atom. The van der Waals surface area contributed by atoms with Crippen molar-refractivity contribution in [3.8, 4) is 12.0 Å². The van der Waals surface area contributed by atoms with Gasteiger partial charge in [-0.25, -0.2) is 0 Å². The number of benzene rings is 1. The third-order valence-corrected chi connectivity index (χ3v) is 5.26. The molecule has 4 rings (SSSR count). The van der Waals surface area contributed by atoms with Gasteiger partial charge in [0.25, 0.3) is 0 Å². The summed E-state index contributed by atoms with van der Waals surface area (Å²) in [5, 5.41) is 1.39. The molecule has 0 N–H and O–H groups in total. The Morgan fingerprint density at radius 3 is 2.62 bits per heavy atom. The van der Waals surface area contributed by atoms with Crippen LogP contribution in [0.5, 0.6) is 0 Å². The van der Waals surface area contributed by atoms with Gasteiger partial charge in [0.15, 0.2) is 0 Å². The van der Waals surface area contributed by atoms with Crippen molar-refractivity contribution < 1.29 is 0 Å². The molecule has 3 heteroatoms. The molecule has 1 aliphatic rings. The van der Waals surface area contributed by atoms with E-state index in [2.05, 4.69) is 53.6 Å². The van der Waals surface area contributed by atoms with Crippen molar-refractivity contribution in [1.82, 2.24) is 9.47 Å². The molecule has 2 aromatic heterocycles. The molecule has 0 spiro atoms. The minimum atomic E-state index is 1.03. The minimum absolute atomic E-state index is 1.03. The fourth-order valence-corrected chi connectivity index (χ4v) is 4.16. The Balaban J connectivity index is 0.000000815. The van der Waals surface area contributed by atoms with Crippen molar-refractivity contribution in [2.75, 3.05) is 13.6 Å². The molecule has 0 saturated carbocycles.